The Morgan fingerprint density at radius 3 is 1.88 bits per heavy atom. The summed E-state index contributed by atoms with van der Waals surface area (Å²) in [7, 11) is 0. The second-order valence-corrected chi connectivity index (χ2v) is 5.80. The molecule has 0 unspecified atom stereocenters. The third kappa shape index (κ3) is 3.51. The van der Waals surface area contributed by atoms with Gasteiger partial charge < -0.3 is 0 Å². The van der Waals surface area contributed by atoms with Gasteiger partial charge >= 0.3 is 0 Å². The maximum atomic E-state index is 14.4. The first kappa shape index (κ1) is 16.3. The zero-order chi connectivity index (χ0) is 17.1. The van der Waals surface area contributed by atoms with E-state index in [1.54, 1.807) is 12.1 Å². The molecule has 3 aromatic carbocycles. The van der Waals surface area contributed by atoms with Crippen LogP contribution in [0.3, 0.4) is 0 Å². The van der Waals surface area contributed by atoms with Crippen molar-refractivity contribution >= 4 is 0 Å². The van der Waals surface area contributed by atoms with Gasteiger partial charge in [-0.3, -0.25) is 0 Å². The van der Waals surface area contributed by atoms with Gasteiger partial charge in [-0.1, -0.05) is 49.7 Å². The van der Waals surface area contributed by atoms with Gasteiger partial charge in [-0.25, -0.2) is 13.2 Å². The molecule has 3 rings (SSSR count). The summed E-state index contributed by atoms with van der Waals surface area (Å²) in [5.74, 6) is -1.95. The Bertz CT molecular complexity index is 831. The third-order valence-corrected chi connectivity index (χ3v) is 3.97. The van der Waals surface area contributed by atoms with Crippen molar-refractivity contribution in [2.24, 2.45) is 0 Å². The Morgan fingerprint density at radius 2 is 1.29 bits per heavy atom. The van der Waals surface area contributed by atoms with Crippen LogP contribution in [0, 0.1) is 17.5 Å². The van der Waals surface area contributed by atoms with Gasteiger partial charge in [0.25, 0.3) is 0 Å². The van der Waals surface area contributed by atoms with Gasteiger partial charge in [0.05, 0.1) is 0 Å². The lowest BCUT2D eigenvalue weighted by Gasteiger charge is -2.08. The summed E-state index contributed by atoms with van der Waals surface area (Å²) >= 11 is 0. The van der Waals surface area contributed by atoms with E-state index in [1.165, 1.54) is 11.6 Å². The molecule has 0 atom stereocenters. The Hall–Kier alpha value is -2.55. The van der Waals surface area contributed by atoms with E-state index in [9.17, 15) is 13.2 Å². The summed E-state index contributed by atoms with van der Waals surface area (Å²) in [6.45, 7) is 2.12. The largest absolute Gasteiger partial charge is 0.207 e. The molecule has 0 radical (unpaired) electrons. The number of hydrogen-bond acceptors (Lipinski definition) is 0. The number of benzene rings is 3. The predicted octanol–water partition coefficient (Wildman–Crippen LogP) is 6.39. The molecule has 0 bridgehead atoms. The molecular weight excluding hydrogens is 309 g/mol. The lowest BCUT2D eigenvalue weighted by molar-refractivity contribution is 0.583. The smallest absolute Gasteiger partial charge is 0.131 e. The molecule has 0 saturated carbocycles. The quantitative estimate of drug-likeness (QED) is 0.521. The summed E-state index contributed by atoms with van der Waals surface area (Å²) in [4.78, 5) is 0. The molecule has 24 heavy (non-hydrogen) atoms. The van der Waals surface area contributed by atoms with Crippen LogP contribution in [0.15, 0.2) is 60.7 Å². The van der Waals surface area contributed by atoms with Crippen LogP contribution >= 0.6 is 0 Å². The molecule has 0 N–H and O–H groups in total. The maximum Gasteiger partial charge on any atom is 0.131 e. The van der Waals surface area contributed by atoms with Crippen molar-refractivity contribution in [2.45, 2.75) is 19.8 Å². The number of rotatable bonds is 4. The highest BCUT2D eigenvalue weighted by molar-refractivity contribution is 5.71. The highest BCUT2D eigenvalue weighted by Gasteiger charge is 2.10. The zero-order valence-electron chi connectivity index (χ0n) is 13.3. The minimum absolute atomic E-state index is 0.180. The van der Waals surface area contributed by atoms with E-state index in [1.807, 2.05) is 24.3 Å². The SMILES string of the molecule is CCCc1ccc(-c2ccc(-c3cc(F)cc(F)c3)c(F)c2)cc1. The van der Waals surface area contributed by atoms with E-state index in [-0.39, 0.29) is 11.1 Å². The predicted molar refractivity (Wildman–Crippen MR) is 91.2 cm³/mol. The first-order valence-electron chi connectivity index (χ1n) is 7.92. The van der Waals surface area contributed by atoms with Gasteiger partial charge in [0, 0.05) is 11.6 Å². The van der Waals surface area contributed by atoms with Crippen molar-refractivity contribution < 1.29 is 13.2 Å². The number of halogens is 3. The normalized spacial score (nSPS) is 10.8. The highest BCUT2D eigenvalue weighted by Crippen LogP contribution is 2.29. The van der Waals surface area contributed by atoms with E-state index in [0.29, 0.717) is 0 Å². The second kappa shape index (κ2) is 6.91. The van der Waals surface area contributed by atoms with Gasteiger partial charge in [-0.2, -0.15) is 0 Å². The average molecular weight is 326 g/mol. The summed E-state index contributed by atoms with van der Waals surface area (Å²) in [6, 6.07) is 15.7. The number of aryl methyl sites for hydroxylation is 1. The van der Waals surface area contributed by atoms with Crippen molar-refractivity contribution in [3.8, 4) is 22.3 Å². The van der Waals surface area contributed by atoms with Crippen molar-refractivity contribution in [3.63, 3.8) is 0 Å². The molecule has 3 heteroatoms. The molecule has 0 aromatic heterocycles. The highest BCUT2D eigenvalue weighted by atomic mass is 19.1. The van der Waals surface area contributed by atoms with E-state index >= 15 is 0 Å². The molecule has 0 spiro atoms. The topological polar surface area (TPSA) is 0 Å². The van der Waals surface area contributed by atoms with Crippen LogP contribution in [-0.2, 0) is 6.42 Å². The molecular formula is C21H17F3. The second-order valence-electron chi connectivity index (χ2n) is 5.80. The molecule has 122 valence electrons. The van der Waals surface area contributed by atoms with Crippen molar-refractivity contribution in [2.75, 3.05) is 0 Å². The molecule has 0 amide bonds. The van der Waals surface area contributed by atoms with Crippen molar-refractivity contribution in [1.29, 1.82) is 0 Å². The minimum atomic E-state index is -0.722. The fourth-order valence-electron chi connectivity index (χ4n) is 2.79. The molecule has 0 nitrogen and oxygen atoms in total. The molecule has 0 aliphatic heterocycles. The summed E-state index contributed by atoms with van der Waals surface area (Å²) in [5, 5.41) is 0. The van der Waals surface area contributed by atoms with Crippen LogP contribution in [0.1, 0.15) is 18.9 Å². The maximum absolute atomic E-state index is 14.4. The fraction of sp³-hybridized carbons (Fsp3) is 0.143. The third-order valence-electron chi connectivity index (χ3n) is 3.97. The Labute approximate surface area is 139 Å². The van der Waals surface area contributed by atoms with Crippen LogP contribution < -0.4 is 0 Å². The summed E-state index contributed by atoms with van der Waals surface area (Å²) < 4.78 is 41.1. The van der Waals surface area contributed by atoms with Crippen LogP contribution in [-0.4, -0.2) is 0 Å². The minimum Gasteiger partial charge on any atom is -0.207 e. The molecule has 0 fully saturated rings. The van der Waals surface area contributed by atoms with Gasteiger partial charge in [-0.05, 0) is 46.9 Å². The van der Waals surface area contributed by atoms with Crippen molar-refractivity contribution in [3.05, 3.63) is 83.7 Å². The zero-order valence-corrected chi connectivity index (χ0v) is 13.3. The monoisotopic (exact) mass is 326 g/mol. The molecule has 0 heterocycles. The van der Waals surface area contributed by atoms with Gasteiger partial charge in [0.2, 0.25) is 0 Å². The molecule has 0 aliphatic carbocycles. The number of hydrogen-bond donors (Lipinski definition) is 0. The van der Waals surface area contributed by atoms with E-state index in [0.717, 1.165) is 42.2 Å². The van der Waals surface area contributed by atoms with Crippen LogP contribution in [0.2, 0.25) is 0 Å². The molecule has 0 saturated heterocycles. The van der Waals surface area contributed by atoms with E-state index < -0.39 is 17.5 Å². The van der Waals surface area contributed by atoms with Crippen molar-refractivity contribution in [1.82, 2.24) is 0 Å². The van der Waals surface area contributed by atoms with Crippen LogP contribution in [0.25, 0.3) is 22.3 Å². The standard InChI is InChI=1S/C21H17F3/c1-2-3-14-4-6-15(7-5-14)16-8-9-20(21(24)12-16)17-10-18(22)13-19(23)11-17/h4-13H,2-3H2,1H3. The van der Waals surface area contributed by atoms with Crippen LogP contribution in [0.5, 0.6) is 0 Å². The summed E-state index contributed by atoms with van der Waals surface area (Å²) in [6.07, 6.45) is 2.09. The van der Waals surface area contributed by atoms with Gasteiger partial charge in [0.15, 0.2) is 0 Å². The fourth-order valence-corrected chi connectivity index (χ4v) is 2.79. The first-order chi connectivity index (χ1) is 11.6. The lowest BCUT2D eigenvalue weighted by atomic mass is 9.98. The summed E-state index contributed by atoms with van der Waals surface area (Å²) in [5.41, 5.74) is 3.25. The van der Waals surface area contributed by atoms with E-state index in [4.69, 9.17) is 0 Å². The average Bonchev–Trinajstić information content (AvgIpc) is 2.55. The Balaban J connectivity index is 1.94. The lowest BCUT2D eigenvalue weighted by Crippen LogP contribution is -1.90. The van der Waals surface area contributed by atoms with E-state index in [2.05, 4.69) is 6.92 Å². The first-order valence-corrected chi connectivity index (χ1v) is 7.92. The Kier molecular flexibility index (Phi) is 4.70. The van der Waals surface area contributed by atoms with Crippen LogP contribution in [0.4, 0.5) is 13.2 Å². The van der Waals surface area contributed by atoms with Gasteiger partial charge in [-0.15, -0.1) is 0 Å². The Morgan fingerprint density at radius 1 is 0.667 bits per heavy atom. The molecule has 0 aliphatic rings. The van der Waals surface area contributed by atoms with Gasteiger partial charge in [0.1, 0.15) is 17.5 Å². The molecule has 3 aromatic rings.